The summed E-state index contributed by atoms with van der Waals surface area (Å²) in [4.78, 5) is 36.8. The van der Waals surface area contributed by atoms with Gasteiger partial charge in [-0.1, -0.05) is 50.8 Å². The Bertz CT molecular complexity index is 1300. The van der Waals surface area contributed by atoms with Gasteiger partial charge >= 0.3 is 11.9 Å². The minimum Gasteiger partial charge on any atom is -0.494 e. The number of carbonyl (C=O) groups is 3. The van der Waals surface area contributed by atoms with Gasteiger partial charge in [-0.2, -0.15) is 5.26 Å². The number of esters is 1. The number of benzene rings is 3. The summed E-state index contributed by atoms with van der Waals surface area (Å²) in [5, 5.41) is 21.1. The highest BCUT2D eigenvalue weighted by Crippen LogP contribution is 2.18. The second-order valence-corrected chi connectivity index (χ2v) is 9.08. The molecule has 2 N–H and O–H groups in total. The van der Waals surface area contributed by atoms with Crippen LogP contribution in [0, 0.1) is 11.3 Å². The molecule has 0 aliphatic heterocycles. The van der Waals surface area contributed by atoms with Gasteiger partial charge in [0.05, 0.1) is 23.8 Å². The molecule has 8 heteroatoms. The third-order valence-corrected chi connectivity index (χ3v) is 6.04. The van der Waals surface area contributed by atoms with Crippen molar-refractivity contribution in [3.63, 3.8) is 0 Å². The Kier molecular flexibility index (Phi) is 11.1. The zero-order valence-electron chi connectivity index (χ0n) is 21.9. The van der Waals surface area contributed by atoms with Crippen LogP contribution in [0.2, 0.25) is 0 Å². The van der Waals surface area contributed by atoms with Crippen LogP contribution in [0.25, 0.3) is 0 Å². The van der Waals surface area contributed by atoms with Crippen molar-refractivity contribution in [2.24, 2.45) is 0 Å². The number of unbranched alkanes of at least 4 members (excludes halogenated alkanes) is 4. The van der Waals surface area contributed by atoms with Gasteiger partial charge in [-0.15, -0.1) is 0 Å². The number of carbonyl (C=O) groups excluding carboxylic acids is 2. The Hall–Kier alpha value is -4.64. The number of hydrogen-bond donors (Lipinski definition) is 2. The van der Waals surface area contributed by atoms with Crippen LogP contribution < -0.4 is 14.8 Å². The minimum atomic E-state index is -1.20. The van der Waals surface area contributed by atoms with Crippen LogP contribution in [0.1, 0.15) is 70.9 Å². The zero-order valence-corrected chi connectivity index (χ0v) is 21.9. The Morgan fingerprint density at radius 3 is 2.26 bits per heavy atom. The molecule has 0 heterocycles. The molecule has 8 nitrogen and oxygen atoms in total. The van der Waals surface area contributed by atoms with Gasteiger partial charge in [0.2, 0.25) is 0 Å². The van der Waals surface area contributed by atoms with Crippen LogP contribution in [0.5, 0.6) is 11.5 Å². The van der Waals surface area contributed by atoms with Crippen LogP contribution >= 0.6 is 0 Å². The van der Waals surface area contributed by atoms with E-state index in [9.17, 15) is 19.5 Å². The van der Waals surface area contributed by atoms with Gasteiger partial charge in [0.25, 0.3) is 5.91 Å². The highest BCUT2D eigenvalue weighted by Gasteiger charge is 2.21. The van der Waals surface area contributed by atoms with E-state index in [4.69, 9.17) is 14.7 Å². The largest absolute Gasteiger partial charge is 0.494 e. The van der Waals surface area contributed by atoms with Gasteiger partial charge in [0.1, 0.15) is 17.5 Å². The quantitative estimate of drug-likeness (QED) is 0.160. The van der Waals surface area contributed by atoms with E-state index in [1.165, 1.54) is 31.4 Å². The monoisotopic (exact) mass is 528 g/mol. The summed E-state index contributed by atoms with van der Waals surface area (Å²) in [6.45, 7) is 2.82. The number of rotatable bonds is 14. The molecule has 1 amide bonds. The Labute approximate surface area is 228 Å². The lowest BCUT2D eigenvalue weighted by Crippen LogP contribution is -2.42. The van der Waals surface area contributed by atoms with Crippen molar-refractivity contribution in [2.75, 3.05) is 6.61 Å². The van der Waals surface area contributed by atoms with Crippen molar-refractivity contribution in [2.45, 2.75) is 51.5 Å². The predicted molar refractivity (Wildman–Crippen MR) is 146 cm³/mol. The molecule has 3 aromatic carbocycles. The fraction of sp³-hybridized carbons (Fsp3) is 0.290. The number of nitrogens with one attached hydrogen (secondary N) is 1. The standard InChI is InChI=1S/C31H32N2O6/c1-2-3-4-5-6-18-38-26-16-12-24(13-17-26)31(37)39-27-14-10-22(11-15-27)20-28(30(35)36)33-29(34)25-9-7-8-23(19-25)21-32/h7-17,19,28H,2-6,18,20H2,1H3,(H,33,34)(H,35,36). The SMILES string of the molecule is CCCCCCCOc1ccc(C(=O)Oc2ccc(CC(NC(=O)c3cccc(C#N)c3)C(=O)O)cc2)cc1. The molecule has 0 aliphatic rings. The third kappa shape index (κ3) is 9.31. The Morgan fingerprint density at radius 1 is 0.897 bits per heavy atom. The number of nitriles is 1. The van der Waals surface area contributed by atoms with Gasteiger partial charge in [0.15, 0.2) is 0 Å². The molecule has 0 radical (unpaired) electrons. The molecule has 0 spiro atoms. The summed E-state index contributed by atoms with van der Waals surface area (Å²) in [5.74, 6) is -1.30. The summed E-state index contributed by atoms with van der Waals surface area (Å²) in [6, 6.07) is 20.0. The number of carboxylic acids is 1. The average molecular weight is 529 g/mol. The van der Waals surface area contributed by atoms with Crippen LogP contribution in [0.4, 0.5) is 0 Å². The number of aliphatic carboxylic acids is 1. The maximum atomic E-state index is 12.5. The molecule has 3 aromatic rings. The van der Waals surface area contributed by atoms with Crippen molar-refractivity contribution >= 4 is 17.8 Å². The molecule has 0 aliphatic carbocycles. The van der Waals surface area contributed by atoms with Crippen molar-refractivity contribution in [1.82, 2.24) is 5.32 Å². The first-order chi connectivity index (χ1) is 18.9. The van der Waals surface area contributed by atoms with Crippen LogP contribution in [-0.2, 0) is 11.2 Å². The highest BCUT2D eigenvalue weighted by atomic mass is 16.5. The van der Waals surface area contributed by atoms with E-state index >= 15 is 0 Å². The van der Waals surface area contributed by atoms with Crippen molar-refractivity contribution < 1.29 is 29.0 Å². The molecule has 202 valence electrons. The summed E-state index contributed by atoms with van der Waals surface area (Å²) in [5.41, 5.74) is 1.51. The summed E-state index contributed by atoms with van der Waals surface area (Å²) in [7, 11) is 0. The number of amides is 1. The number of ether oxygens (including phenoxy) is 2. The summed E-state index contributed by atoms with van der Waals surface area (Å²) < 4.78 is 11.2. The van der Waals surface area contributed by atoms with E-state index in [0.717, 1.165) is 12.8 Å². The van der Waals surface area contributed by atoms with E-state index in [1.54, 1.807) is 60.7 Å². The molecule has 0 saturated heterocycles. The summed E-state index contributed by atoms with van der Waals surface area (Å²) in [6.07, 6.45) is 5.81. The van der Waals surface area contributed by atoms with Crippen molar-refractivity contribution in [3.05, 3.63) is 95.1 Å². The molecule has 39 heavy (non-hydrogen) atoms. The minimum absolute atomic E-state index is 0.0211. The second kappa shape index (κ2) is 14.9. The molecule has 3 rings (SSSR count). The second-order valence-electron chi connectivity index (χ2n) is 9.08. The fourth-order valence-electron chi connectivity index (χ4n) is 3.85. The van der Waals surface area contributed by atoms with E-state index in [0.29, 0.717) is 34.8 Å². The maximum Gasteiger partial charge on any atom is 0.343 e. The fourth-order valence-corrected chi connectivity index (χ4v) is 3.85. The normalized spacial score (nSPS) is 11.2. The van der Waals surface area contributed by atoms with Crippen LogP contribution in [0.3, 0.4) is 0 Å². The van der Waals surface area contributed by atoms with Gasteiger partial charge in [0, 0.05) is 12.0 Å². The van der Waals surface area contributed by atoms with Gasteiger partial charge in [-0.3, -0.25) is 4.79 Å². The molecular weight excluding hydrogens is 496 g/mol. The van der Waals surface area contributed by atoms with E-state index in [2.05, 4.69) is 12.2 Å². The molecule has 1 atom stereocenters. The van der Waals surface area contributed by atoms with E-state index in [-0.39, 0.29) is 12.0 Å². The van der Waals surface area contributed by atoms with Crippen molar-refractivity contribution in [3.8, 4) is 17.6 Å². The van der Waals surface area contributed by atoms with E-state index < -0.39 is 23.9 Å². The van der Waals surface area contributed by atoms with E-state index in [1.807, 2.05) is 6.07 Å². The predicted octanol–water partition coefficient (Wildman–Crippen LogP) is 5.55. The average Bonchev–Trinajstić information content (AvgIpc) is 2.95. The third-order valence-electron chi connectivity index (χ3n) is 6.04. The lowest BCUT2D eigenvalue weighted by molar-refractivity contribution is -0.139. The smallest absolute Gasteiger partial charge is 0.343 e. The number of carboxylic acid groups (broad SMARTS) is 1. The zero-order chi connectivity index (χ0) is 28.0. The molecule has 0 saturated carbocycles. The first kappa shape index (κ1) is 28.9. The summed E-state index contributed by atoms with van der Waals surface area (Å²) >= 11 is 0. The lowest BCUT2D eigenvalue weighted by Gasteiger charge is -2.15. The highest BCUT2D eigenvalue weighted by molar-refractivity contribution is 5.97. The Balaban J connectivity index is 1.51. The number of hydrogen-bond acceptors (Lipinski definition) is 6. The molecular formula is C31H32N2O6. The number of nitrogens with zero attached hydrogens (tertiary/aromatic N) is 1. The Morgan fingerprint density at radius 2 is 1.59 bits per heavy atom. The van der Waals surface area contributed by atoms with Gasteiger partial charge in [-0.05, 0) is 66.6 Å². The molecule has 0 aromatic heterocycles. The van der Waals surface area contributed by atoms with Gasteiger partial charge < -0.3 is 19.9 Å². The molecule has 0 bridgehead atoms. The van der Waals surface area contributed by atoms with Crippen molar-refractivity contribution in [1.29, 1.82) is 5.26 Å². The topological polar surface area (TPSA) is 126 Å². The molecule has 0 fully saturated rings. The van der Waals surface area contributed by atoms with Gasteiger partial charge in [-0.25, -0.2) is 9.59 Å². The molecule has 1 unspecified atom stereocenters. The van der Waals surface area contributed by atoms with Crippen LogP contribution in [-0.4, -0.2) is 35.6 Å². The lowest BCUT2D eigenvalue weighted by atomic mass is 10.0. The first-order valence-corrected chi connectivity index (χ1v) is 13.0. The van der Waals surface area contributed by atoms with Crippen LogP contribution in [0.15, 0.2) is 72.8 Å². The first-order valence-electron chi connectivity index (χ1n) is 13.0. The maximum absolute atomic E-state index is 12.5.